The molecule has 0 spiro atoms. The maximum atomic E-state index is 9.38. The van der Waals surface area contributed by atoms with Gasteiger partial charge in [0.2, 0.25) is 0 Å². The summed E-state index contributed by atoms with van der Waals surface area (Å²) >= 11 is 1.55. The topological polar surface area (TPSA) is 89.9 Å². The van der Waals surface area contributed by atoms with Crippen LogP contribution in [0, 0.1) is 11.8 Å². The molecule has 3 rings (SSSR count). The summed E-state index contributed by atoms with van der Waals surface area (Å²) in [6.07, 6.45) is 2.97. The Morgan fingerprint density at radius 3 is 2.92 bits per heavy atom. The van der Waals surface area contributed by atoms with Gasteiger partial charge in [-0.2, -0.15) is 0 Å². The van der Waals surface area contributed by atoms with Gasteiger partial charge < -0.3 is 10.8 Å². The third-order valence-electron chi connectivity index (χ3n) is 3.54. The summed E-state index contributed by atoms with van der Waals surface area (Å²) in [6, 6.07) is 3.89. The van der Waals surface area contributed by atoms with Crippen molar-refractivity contribution in [1.29, 1.82) is 0 Å². The first-order chi connectivity index (χ1) is 11.7. The highest BCUT2D eigenvalue weighted by atomic mass is 32.1. The van der Waals surface area contributed by atoms with E-state index in [0.717, 1.165) is 24.1 Å². The lowest BCUT2D eigenvalue weighted by Crippen LogP contribution is -2.06. The van der Waals surface area contributed by atoms with Gasteiger partial charge in [-0.3, -0.25) is 4.57 Å². The molecule has 3 heterocycles. The number of aliphatic hydroxyl groups excluding tert-OH is 1. The second kappa shape index (κ2) is 7.43. The SMILES string of the molecule is CCCCC#Cc1nc2c(N)nc(-c3cccs3)nc2n1CCO. The number of aromatic nitrogens is 4. The molecule has 6 nitrogen and oxygen atoms in total. The van der Waals surface area contributed by atoms with Crippen molar-refractivity contribution in [2.45, 2.75) is 32.7 Å². The van der Waals surface area contributed by atoms with E-state index >= 15 is 0 Å². The number of hydrogen-bond donors (Lipinski definition) is 2. The van der Waals surface area contributed by atoms with E-state index in [1.54, 1.807) is 11.3 Å². The Hall–Kier alpha value is -2.43. The molecule has 0 saturated heterocycles. The molecule has 0 radical (unpaired) electrons. The smallest absolute Gasteiger partial charge is 0.187 e. The molecule has 0 amide bonds. The Morgan fingerprint density at radius 1 is 1.33 bits per heavy atom. The predicted molar refractivity (Wildman–Crippen MR) is 96.5 cm³/mol. The molecule has 0 aliphatic carbocycles. The predicted octanol–water partition coefficient (Wildman–Crippen LogP) is 2.67. The molecule has 24 heavy (non-hydrogen) atoms. The number of imidazole rings is 1. The molecule has 0 fully saturated rings. The highest BCUT2D eigenvalue weighted by molar-refractivity contribution is 7.13. The lowest BCUT2D eigenvalue weighted by molar-refractivity contribution is 0.277. The summed E-state index contributed by atoms with van der Waals surface area (Å²) < 4.78 is 1.81. The average molecular weight is 341 g/mol. The van der Waals surface area contributed by atoms with Crippen LogP contribution < -0.4 is 5.73 Å². The fourth-order valence-electron chi connectivity index (χ4n) is 2.35. The summed E-state index contributed by atoms with van der Waals surface area (Å²) in [6.45, 7) is 2.48. The molecule has 0 saturated carbocycles. The van der Waals surface area contributed by atoms with Crippen LogP contribution in [0.2, 0.25) is 0 Å². The van der Waals surface area contributed by atoms with Crippen molar-refractivity contribution in [3.63, 3.8) is 0 Å². The van der Waals surface area contributed by atoms with E-state index in [1.807, 2.05) is 22.1 Å². The van der Waals surface area contributed by atoms with Crippen LogP contribution in [0.1, 0.15) is 32.0 Å². The first kappa shape index (κ1) is 16.4. The van der Waals surface area contributed by atoms with E-state index in [9.17, 15) is 5.11 Å². The van der Waals surface area contributed by atoms with E-state index in [4.69, 9.17) is 5.73 Å². The molecule has 0 atom stereocenters. The molecule has 0 aromatic carbocycles. The number of nitrogen functional groups attached to an aromatic ring is 1. The zero-order valence-electron chi connectivity index (χ0n) is 13.5. The largest absolute Gasteiger partial charge is 0.395 e. The van der Waals surface area contributed by atoms with E-state index in [1.165, 1.54) is 0 Å². The summed E-state index contributed by atoms with van der Waals surface area (Å²) in [5.41, 5.74) is 7.23. The van der Waals surface area contributed by atoms with Crippen LogP contribution in [-0.4, -0.2) is 31.2 Å². The molecule has 3 aromatic heterocycles. The molecule has 0 unspecified atom stereocenters. The minimum atomic E-state index is -0.0205. The summed E-state index contributed by atoms with van der Waals surface area (Å²) in [4.78, 5) is 14.4. The van der Waals surface area contributed by atoms with Gasteiger partial charge >= 0.3 is 0 Å². The number of thiophene rings is 1. The summed E-state index contributed by atoms with van der Waals surface area (Å²) in [7, 11) is 0. The van der Waals surface area contributed by atoms with E-state index in [0.29, 0.717) is 35.2 Å². The van der Waals surface area contributed by atoms with Crippen LogP contribution >= 0.6 is 11.3 Å². The number of nitrogens with zero attached hydrogens (tertiary/aromatic N) is 4. The van der Waals surface area contributed by atoms with Crippen LogP contribution in [0.5, 0.6) is 0 Å². The summed E-state index contributed by atoms with van der Waals surface area (Å²) in [5.74, 6) is 7.66. The quantitative estimate of drug-likeness (QED) is 0.550. The highest BCUT2D eigenvalue weighted by Crippen LogP contribution is 2.26. The lowest BCUT2D eigenvalue weighted by atomic mass is 10.2. The molecule has 0 aliphatic rings. The lowest BCUT2D eigenvalue weighted by Gasteiger charge is -2.04. The average Bonchev–Trinajstić information content (AvgIpc) is 3.21. The third-order valence-corrected chi connectivity index (χ3v) is 4.41. The van der Waals surface area contributed by atoms with Crippen LogP contribution in [0.15, 0.2) is 17.5 Å². The van der Waals surface area contributed by atoms with Crippen LogP contribution in [-0.2, 0) is 6.54 Å². The number of unbranched alkanes of at least 4 members (excludes halogenated alkanes) is 2. The van der Waals surface area contributed by atoms with Crippen LogP contribution in [0.25, 0.3) is 21.9 Å². The zero-order valence-corrected chi connectivity index (χ0v) is 14.3. The monoisotopic (exact) mass is 341 g/mol. The van der Waals surface area contributed by atoms with Gasteiger partial charge in [-0.05, 0) is 23.8 Å². The minimum Gasteiger partial charge on any atom is -0.395 e. The van der Waals surface area contributed by atoms with Gasteiger partial charge in [0.05, 0.1) is 11.5 Å². The number of fused-ring (bicyclic) bond motifs is 1. The number of rotatable bonds is 5. The molecule has 0 bridgehead atoms. The van der Waals surface area contributed by atoms with Crippen LogP contribution in [0.4, 0.5) is 5.82 Å². The maximum Gasteiger partial charge on any atom is 0.187 e. The van der Waals surface area contributed by atoms with Gasteiger partial charge in [-0.25, -0.2) is 15.0 Å². The van der Waals surface area contributed by atoms with Gasteiger partial charge in [-0.15, -0.1) is 11.3 Å². The number of nitrogens with two attached hydrogens (primary N) is 1. The highest BCUT2D eigenvalue weighted by Gasteiger charge is 2.16. The Labute approximate surface area is 144 Å². The minimum absolute atomic E-state index is 0.0205. The van der Waals surface area contributed by atoms with Crippen LogP contribution in [0.3, 0.4) is 0 Å². The first-order valence-electron chi connectivity index (χ1n) is 7.92. The van der Waals surface area contributed by atoms with Crippen molar-refractivity contribution < 1.29 is 5.11 Å². The first-order valence-corrected chi connectivity index (χ1v) is 8.80. The normalized spacial score (nSPS) is 10.8. The van der Waals surface area contributed by atoms with Crippen molar-refractivity contribution in [3.8, 4) is 22.5 Å². The maximum absolute atomic E-state index is 9.38. The summed E-state index contributed by atoms with van der Waals surface area (Å²) in [5, 5.41) is 11.4. The van der Waals surface area contributed by atoms with Gasteiger partial charge in [0.1, 0.15) is 0 Å². The third kappa shape index (κ3) is 3.25. The zero-order chi connectivity index (χ0) is 16.9. The standard InChI is InChI=1S/C17H19N5OS/c1-2-3-4-5-8-13-19-14-15(18)20-16(12-7-6-11-24-12)21-17(14)22(13)9-10-23/h6-7,11,23H,2-4,9-10H2,1H3,(H2,18,20,21). The van der Waals surface area contributed by atoms with Gasteiger partial charge in [0, 0.05) is 13.0 Å². The van der Waals surface area contributed by atoms with E-state index in [-0.39, 0.29) is 6.61 Å². The second-order valence-electron chi connectivity index (χ2n) is 5.30. The van der Waals surface area contributed by atoms with Crippen molar-refractivity contribution >= 4 is 28.3 Å². The molecular weight excluding hydrogens is 322 g/mol. The van der Waals surface area contributed by atoms with Gasteiger partial charge in [-0.1, -0.05) is 25.3 Å². The Balaban J connectivity index is 2.11. The molecule has 0 aliphatic heterocycles. The van der Waals surface area contributed by atoms with Crippen molar-refractivity contribution in [3.05, 3.63) is 23.3 Å². The van der Waals surface area contributed by atoms with E-state index in [2.05, 4.69) is 33.7 Å². The van der Waals surface area contributed by atoms with E-state index < -0.39 is 0 Å². The number of anilines is 1. The molecule has 3 aromatic rings. The second-order valence-corrected chi connectivity index (χ2v) is 6.25. The van der Waals surface area contributed by atoms with Crippen molar-refractivity contribution in [2.75, 3.05) is 12.3 Å². The molecule has 7 heteroatoms. The number of aliphatic hydroxyl groups is 1. The fraction of sp³-hybridized carbons (Fsp3) is 0.353. The number of hydrogen-bond acceptors (Lipinski definition) is 6. The molecule has 124 valence electrons. The Bertz CT molecular complexity index is 889. The molecule has 3 N–H and O–H groups in total. The van der Waals surface area contributed by atoms with Gasteiger partial charge in [0.25, 0.3) is 0 Å². The Kier molecular flexibility index (Phi) is 5.08. The molecular formula is C17H19N5OS. The van der Waals surface area contributed by atoms with Crippen molar-refractivity contribution in [2.24, 2.45) is 0 Å². The van der Waals surface area contributed by atoms with Gasteiger partial charge in [0.15, 0.2) is 28.6 Å². The fourth-order valence-corrected chi connectivity index (χ4v) is 3.01. The van der Waals surface area contributed by atoms with Crippen molar-refractivity contribution in [1.82, 2.24) is 19.5 Å². The Morgan fingerprint density at radius 2 is 2.21 bits per heavy atom.